The first kappa shape index (κ1) is 16.0. The Morgan fingerprint density at radius 1 is 1.40 bits per heavy atom. The van der Waals surface area contributed by atoms with Gasteiger partial charge >= 0.3 is 0 Å². The first-order valence-electron chi connectivity index (χ1n) is 8.18. The molecule has 2 atom stereocenters. The van der Waals surface area contributed by atoms with Crippen LogP contribution in [-0.2, 0) is 0 Å². The van der Waals surface area contributed by atoms with Gasteiger partial charge in [0.2, 0.25) is 0 Å². The van der Waals surface area contributed by atoms with Crippen LogP contribution in [0.4, 0.5) is 0 Å². The van der Waals surface area contributed by atoms with Crippen molar-refractivity contribution < 1.29 is 0 Å². The molecule has 1 aliphatic heterocycles. The normalized spacial score (nSPS) is 24.4. The van der Waals surface area contributed by atoms with Crippen LogP contribution in [0.1, 0.15) is 50.8 Å². The molecule has 1 N–H and O–H groups in total. The van der Waals surface area contributed by atoms with Crippen molar-refractivity contribution in [1.82, 2.24) is 10.2 Å². The second kappa shape index (κ2) is 8.16. The van der Waals surface area contributed by atoms with Crippen LogP contribution in [0.3, 0.4) is 0 Å². The van der Waals surface area contributed by atoms with Gasteiger partial charge in [0.15, 0.2) is 0 Å². The first-order chi connectivity index (χ1) is 9.69. The predicted octanol–water partition coefficient (Wildman–Crippen LogP) is 3.95. The third-order valence-corrected chi connectivity index (χ3v) is 5.20. The standard InChI is InChI=1S/C17H30N2S/c1-4-9-19-12-15(17-6-5-10-20-17)11-16(13-19)18-8-7-14(2)3/h5-6,10,14-16,18H,4,7-9,11-13H2,1-3H3. The highest BCUT2D eigenvalue weighted by molar-refractivity contribution is 7.10. The molecule has 2 nitrogen and oxygen atoms in total. The Hall–Kier alpha value is -0.380. The number of nitrogens with zero attached hydrogens (tertiary/aromatic N) is 1. The van der Waals surface area contributed by atoms with E-state index in [0.29, 0.717) is 6.04 Å². The number of thiophene rings is 1. The molecule has 1 fully saturated rings. The largest absolute Gasteiger partial charge is 0.313 e. The molecule has 1 aromatic rings. The number of hydrogen-bond acceptors (Lipinski definition) is 3. The van der Waals surface area contributed by atoms with Gasteiger partial charge in [-0.1, -0.05) is 26.8 Å². The van der Waals surface area contributed by atoms with Gasteiger partial charge in [-0.05, 0) is 49.7 Å². The predicted molar refractivity (Wildman–Crippen MR) is 89.7 cm³/mol. The monoisotopic (exact) mass is 294 g/mol. The molecule has 0 saturated carbocycles. The average Bonchev–Trinajstić information content (AvgIpc) is 2.92. The summed E-state index contributed by atoms with van der Waals surface area (Å²) in [5.41, 5.74) is 0. The second-order valence-electron chi connectivity index (χ2n) is 6.54. The highest BCUT2D eigenvalue weighted by atomic mass is 32.1. The molecule has 114 valence electrons. The molecule has 3 heteroatoms. The summed E-state index contributed by atoms with van der Waals surface area (Å²) in [6.07, 6.45) is 3.85. The molecule has 0 radical (unpaired) electrons. The smallest absolute Gasteiger partial charge is 0.0201 e. The van der Waals surface area contributed by atoms with Crippen LogP contribution >= 0.6 is 11.3 Å². The van der Waals surface area contributed by atoms with Gasteiger partial charge in [0.1, 0.15) is 0 Å². The quantitative estimate of drug-likeness (QED) is 0.819. The van der Waals surface area contributed by atoms with Crippen molar-refractivity contribution in [3.63, 3.8) is 0 Å². The lowest BCUT2D eigenvalue weighted by atomic mass is 9.92. The van der Waals surface area contributed by atoms with Crippen LogP contribution in [0.15, 0.2) is 17.5 Å². The molecule has 1 aromatic heterocycles. The molecule has 0 aromatic carbocycles. The van der Waals surface area contributed by atoms with Crippen LogP contribution in [0.25, 0.3) is 0 Å². The van der Waals surface area contributed by atoms with E-state index in [4.69, 9.17) is 0 Å². The van der Waals surface area contributed by atoms with Crippen molar-refractivity contribution in [1.29, 1.82) is 0 Å². The highest BCUT2D eigenvalue weighted by Gasteiger charge is 2.27. The lowest BCUT2D eigenvalue weighted by Gasteiger charge is -2.38. The number of nitrogens with one attached hydrogen (secondary N) is 1. The minimum atomic E-state index is 0.668. The van der Waals surface area contributed by atoms with Gasteiger partial charge in [0.05, 0.1) is 0 Å². The zero-order valence-electron chi connectivity index (χ0n) is 13.3. The van der Waals surface area contributed by atoms with E-state index in [1.54, 1.807) is 4.88 Å². The van der Waals surface area contributed by atoms with Gasteiger partial charge in [-0.25, -0.2) is 0 Å². The Morgan fingerprint density at radius 2 is 2.25 bits per heavy atom. The van der Waals surface area contributed by atoms with Crippen molar-refractivity contribution in [3.8, 4) is 0 Å². The van der Waals surface area contributed by atoms with Gasteiger partial charge < -0.3 is 10.2 Å². The summed E-state index contributed by atoms with van der Waals surface area (Å²) in [5.74, 6) is 1.53. The Bertz CT molecular complexity index is 361. The van der Waals surface area contributed by atoms with Crippen molar-refractivity contribution in [2.24, 2.45) is 5.92 Å². The van der Waals surface area contributed by atoms with Gasteiger partial charge in [0.25, 0.3) is 0 Å². The molecular weight excluding hydrogens is 264 g/mol. The third-order valence-electron chi connectivity index (χ3n) is 4.17. The molecule has 1 saturated heterocycles. The first-order valence-corrected chi connectivity index (χ1v) is 9.06. The van der Waals surface area contributed by atoms with E-state index in [9.17, 15) is 0 Å². The molecule has 20 heavy (non-hydrogen) atoms. The Balaban J connectivity index is 1.90. The Labute approximate surface area is 128 Å². The Morgan fingerprint density at radius 3 is 2.90 bits per heavy atom. The average molecular weight is 295 g/mol. The number of hydrogen-bond donors (Lipinski definition) is 1. The summed E-state index contributed by atoms with van der Waals surface area (Å²) < 4.78 is 0. The van der Waals surface area contributed by atoms with Crippen molar-refractivity contribution >= 4 is 11.3 Å². The number of rotatable bonds is 7. The fourth-order valence-electron chi connectivity index (χ4n) is 3.14. The third kappa shape index (κ3) is 4.87. The van der Waals surface area contributed by atoms with Crippen molar-refractivity contribution in [2.75, 3.05) is 26.2 Å². The lowest BCUT2D eigenvalue weighted by molar-refractivity contribution is 0.172. The van der Waals surface area contributed by atoms with Gasteiger partial charge in [-0.15, -0.1) is 11.3 Å². The van der Waals surface area contributed by atoms with E-state index in [0.717, 1.165) is 11.8 Å². The summed E-state index contributed by atoms with van der Waals surface area (Å²) in [4.78, 5) is 4.22. The van der Waals surface area contributed by atoms with E-state index in [1.807, 2.05) is 11.3 Å². The summed E-state index contributed by atoms with van der Waals surface area (Å²) in [6.45, 7) is 11.8. The SMILES string of the molecule is CCCN1CC(NCCC(C)C)CC(c2cccs2)C1. The van der Waals surface area contributed by atoms with Crippen LogP contribution < -0.4 is 5.32 Å². The number of likely N-dealkylation sites (tertiary alicyclic amines) is 1. The Kier molecular flexibility index (Phi) is 6.53. The summed E-state index contributed by atoms with van der Waals surface area (Å²) in [5, 5.41) is 6.01. The molecule has 0 aliphatic carbocycles. The van der Waals surface area contributed by atoms with Crippen molar-refractivity contribution in [3.05, 3.63) is 22.4 Å². The highest BCUT2D eigenvalue weighted by Crippen LogP contribution is 2.30. The maximum atomic E-state index is 3.80. The fraction of sp³-hybridized carbons (Fsp3) is 0.765. The van der Waals surface area contributed by atoms with E-state index in [1.165, 1.54) is 45.4 Å². The molecule has 0 bridgehead atoms. The number of piperidine rings is 1. The molecule has 2 heterocycles. The molecule has 1 aliphatic rings. The van der Waals surface area contributed by atoms with E-state index in [-0.39, 0.29) is 0 Å². The van der Waals surface area contributed by atoms with Gasteiger partial charge in [-0.3, -0.25) is 0 Å². The van der Waals surface area contributed by atoms with Crippen LogP contribution in [-0.4, -0.2) is 37.1 Å². The van der Waals surface area contributed by atoms with E-state index < -0.39 is 0 Å². The summed E-state index contributed by atoms with van der Waals surface area (Å²) in [7, 11) is 0. The van der Waals surface area contributed by atoms with Gasteiger partial charge in [-0.2, -0.15) is 0 Å². The zero-order chi connectivity index (χ0) is 14.4. The molecule has 2 unspecified atom stereocenters. The van der Waals surface area contributed by atoms with Gasteiger partial charge in [0, 0.05) is 29.9 Å². The van der Waals surface area contributed by atoms with Crippen LogP contribution in [0.5, 0.6) is 0 Å². The molecule has 0 spiro atoms. The maximum Gasteiger partial charge on any atom is 0.0201 e. The fourth-order valence-corrected chi connectivity index (χ4v) is 3.98. The minimum Gasteiger partial charge on any atom is -0.313 e. The topological polar surface area (TPSA) is 15.3 Å². The van der Waals surface area contributed by atoms with E-state index in [2.05, 4.69) is 48.5 Å². The molecule has 2 rings (SSSR count). The van der Waals surface area contributed by atoms with Crippen LogP contribution in [0, 0.1) is 5.92 Å². The summed E-state index contributed by atoms with van der Waals surface area (Å²) >= 11 is 1.93. The minimum absolute atomic E-state index is 0.668. The second-order valence-corrected chi connectivity index (χ2v) is 7.52. The lowest BCUT2D eigenvalue weighted by Crippen LogP contribution is -2.48. The van der Waals surface area contributed by atoms with Crippen LogP contribution in [0.2, 0.25) is 0 Å². The molecule has 0 amide bonds. The van der Waals surface area contributed by atoms with E-state index >= 15 is 0 Å². The van der Waals surface area contributed by atoms with Crippen molar-refractivity contribution in [2.45, 2.75) is 52.0 Å². The summed E-state index contributed by atoms with van der Waals surface area (Å²) in [6, 6.07) is 5.18. The maximum absolute atomic E-state index is 3.80. The molecular formula is C17H30N2S. The zero-order valence-corrected chi connectivity index (χ0v) is 14.1.